The molecule has 0 saturated carbocycles. The van der Waals surface area contributed by atoms with E-state index in [1.807, 2.05) is 53.4 Å². The lowest BCUT2D eigenvalue weighted by Crippen LogP contribution is -2.50. The lowest BCUT2D eigenvalue weighted by Gasteiger charge is -2.36. The molecule has 3 aromatic carbocycles. The maximum absolute atomic E-state index is 13.1. The molecule has 0 bridgehead atoms. The molecule has 0 spiro atoms. The van der Waals surface area contributed by atoms with E-state index < -0.39 is 0 Å². The summed E-state index contributed by atoms with van der Waals surface area (Å²) in [6, 6.07) is 25.9. The molecule has 2 heterocycles. The second-order valence-corrected chi connectivity index (χ2v) is 9.96. The summed E-state index contributed by atoms with van der Waals surface area (Å²) < 4.78 is 0. The topological polar surface area (TPSA) is 61.4 Å². The number of nitrogens with zero attached hydrogens (tertiary/aromatic N) is 4. The van der Waals surface area contributed by atoms with Gasteiger partial charge in [-0.1, -0.05) is 67.1 Å². The Labute approximate surface area is 229 Å². The van der Waals surface area contributed by atoms with Crippen LogP contribution in [0.1, 0.15) is 29.3 Å². The van der Waals surface area contributed by atoms with E-state index in [0.29, 0.717) is 37.0 Å². The molecule has 6 nitrogen and oxygen atoms in total. The van der Waals surface area contributed by atoms with Crippen molar-refractivity contribution in [1.82, 2.24) is 14.9 Å². The summed E-state index contributed by atoms with van der Waals surface area (Å²) >= 11 is 6.12. The maximum atomic E-state index is 13.1. The monoisotopic (exact) mass is 525 g/mol. The molecule has 5 rings (SSSR count). The number of carbonyl (C=O) groups excluding carboxylic acids is 1. The minimum Gasteiger partial charge on any atom is -0.353 e. The van der Waals surface area contributed by atoms with Gasteiger partial charge < -0.3 is 15.1 Å². The van der Waals surface area contributed by atoms with Gasteiger partial charge in [-0.2, -0.15) is 0 Å². The number of amides is 2. The molecule has 1 saturated heterocycles. The van der Waals surface area contributed by atoms with Gasteiger partial charge >= 0.3 is 6.03 Å². The first-order valence-corrected chi connectivity index (χ1v) is 13.5. The van der Waals surface area contributed by atoms with Crippen molar-refractivity contribution in [2.24, 2.45) is 0 Å². The summed E-state index contributed by atoms with van der Waals surface area (Å²) in [5, 5.41) is 3.79. The number of carbonyl (C=O) groups is 1. The summed E-state index contributed by atoms with van der Waals surface area (Å²) in [6.45, 7) is 6.77. The normalized spacial score (nSPS) is 13.4. The van der Waals surface area contributed by atoms with Crippen LogP contribution in [0.5, 0.6) is 0 Å². The zero-order chi connectivity index (χ0) is 26.5. The van der Waals surface area contributed by atoms with Gasteiger partial charge in [0, 0.05) is 60.1 Å². The van der Waals surface area contributed by atoms with Gasteiger partial charge in [-0.05, 0) is 54.8 Å². The number of nitrogens with one attached hydrogen (secondary N) is 1. The number of para-hydroxylation sites is 1. The van der Waals surface area contributed by atoms with E-state index in [1.165, 1.54) is 5.56 Å². The molecule has 0 atom stereocenters. The van der Waals surface area contributed by atoms with Crippen LogP contribution in [0.25, 0.3) is 11.4 Å². The van der Waals surface area contributed by atoms with Crippen molar-refractivity contribution in [2.45, 2.75) is 26.7 Å². The van der Waals surface area contributed by atoms with Gasteiger partial charge in [0.1, 0.15) is 5.82 Å². The van der Waals surface area contributed by atoms with Gasteiger partial charge in [0.05, 0.1) is 0 Å². The van der Waals surface area contributed by atoms with Crippen molar-refractivity contribution in [2.75, 3.05) is 36.4 Å². The van der Waals surface area contributed by atoms with Crippen molar-refractivity contribution in [3.05, 3.63) is 106 Å². The highest BCUT2D eigenvalue weighted by Crippen LogP contribution is 2.29. The van der Waals surface area contributed by atoms with Gasteiger partial charge in [-0.15, -0.1) is 0 Å². The average Bonchev–Trinajstić information content (AvgIpc) is 2.95. The van der Waals surface area contributed by atoms with E-state index in [1.54, 1.807) is 0 Å². The van der Waals surface area contributed by atoms with Crippen LogP contribution in [0.2, 0.25) is 5.02 Å². The summed E-state index contributed by atoms with van der Waals surface area (Å²) in [5.41, 5.74) is 6.23. The Morgan fingerprint density at radius 3 is 2.29 bits per heavy atom. The van der Waals surface area contributed by atoms with E-state index in [0.717, 1.165) is 46.7 Å². The Morgan fingerprint density at radius 1 is 0.895 bits per heavy atom. The Hall–Kier alpha value is -3.90. The molecular formula is C31H32ClN5O. The SMILES string of the molecule is CCc1ccccc1NC(=O)N1CCN(c2nc(-c3ccc(Cl)cc3)nc(C)c2Cc2ccccc2)CC1. The Kier molecular flexibility index (Phi) is 7.89. The third-order valence-electron chi connectivity index (χ3n) is 7.02. The van der Waals surface area contributed by atoms with Gasteiger partial charge in [-0.3, -0.25) is 0 Å². The fraction of sp³-hybridized carbons (Fsp3) is 0.258. The molecule has 2 amide bonds. The summed E-state index contributed by atoms with van der Waals surface area (Å²) in [6.07, 6.45) is 1.62. The molecule has 1 fully saturated rings. The number of piperazine rings is 1. The molecule has 194 valence electrons. The van der Waals surface area contributed by atoms with Crippen molar-refractivity contribution >= 4 is 29.1 Å². The molecule has 1 N–H and O–H groups in total. The van der Waals surface area contributed by atoms with Crippen molar-refractivity contribution < 1.29 is 4.79 Å². The van der Waals surface area contributed by atoms with Crippen LogP contribution < -0.4 is 10.2 Å². The number of urea groups is 1. The average molecular weight is 526 g/mol. The summed E-state index contributed by atoms with van der Waals surface area (Å²) in [5.74, 6) is 1.62. The first kappa shape index (κ1) is 25.7. The highest BCUT2D eigenvalue weighted by molar-refractivity contribution is 6.30. The predicted octanol–water partition coefficient (Wildman–Crippen LogP) is 6.61. The smallest absolute Gasteiger partial charge is 0.321 e. The number of hydrogen-bond donors (Lipinski definition) is 1. The van der Waals surface area contributed by atoms with Crippen LogP contribution in [0.15, 0.2) is 78.9 Å². The number of aromatic nitrogens is 2. The first-order valence-electron chi connectivity index (χ1n) is 13.1. The fourth-order valence-corrected chi connectivity index (χ4v) is 4.97. The van der Waals surface area contributed by atoms with E-state index >= 15 is 0 Å². The maximum Gasteiger partial charge on any atom is 0.321 e. The molecule has 38 heavy (non-hydrogen) atoms. The van der Waals surface area contributed by atoms with Crippen LogP contribution >= 0.6 is 11.6 Å². The van der Waals surface area contributed by atoms with E-state index in [2.05, 4.69) is 54.4 Å². The quantitative estimate of drug-likeness (QED) is 0.307. The Balaban J connectivity index is 1.39. The first-order chi connectivity index (χ1) is 18.5. The predicted molar refractivity (Wildman–Crippen MR) is 155 cm³/mol. The Morgan fingerprint density at radius 2 is 1.58 bits per heavy atom. The van der Waals surface area contributed by atoms with Crippen molar-refractivity contribution in [1.29, 1.82) is 0 Å². The van der Waals surface area contributed by atoms with Gasteiger partial charge in [0.2, 0.25) is 0 Å². The third-order valence-corrected chi connectivity index (χ3v) is 7.28. The van der Waals surface area contributed by atoms with Crippen LogP contribution in [0.3, 0.4) is 0 Å². The number of anilines is 2. The molecule has 0 unspecified atom stereocenters. The summed E-state index contributed by atoms with van der Waals surface area (Å²) in [7, 11) is 0. The molecular weight excluding hydrogens is 494 g/mol. The lowest BCUT2D eigenvalue weighted by atomic mass is 10.0. The largest absolute Gasteiger partial charge is 0.353 e. The van der Waals surface area contributed by atoms with Gasteiger partial charge in [0.15, 0.2) is 5.82 Å². The van der Waals surface area contributed by atoms with Gasteiger partial charge in [-0.25, -0.2) is 14.8 Å². The summed E-state index contributed by atoms with van der Waals surface area (Å²) in [4.78, 5) is 27.2. The number of halogens is 1. The molecule has 7 heteroatoms. The standard InChI is InChI=1S/C31H32ClN5O/c1-3-24-11-7-8-12-28(24)34-31(38)37-19-17-36(18-20-37)30-27(21-23-9-5-4-6-10-23)22(2)33-29(35-30)25-13-15-26(32)16-14-25/h4-16H,3,17-21H2,1-2H3,(H,34,38). The number of rotatable bonds is 6. The van der Waals surface area contributed by atoms with Crippen LogP contribution in [0, 0.1) is 6.92 Å². The van der Waals surface area contributed by atoms with E-state index in [4.69, 9.17) is 21.6 Å². The highest BCUT2D eigenvalue weighted by atomic mass is 35.5. The van der Waals surface area contributed by atoms with Gasteiger partial charge in [0.25, 0.3) is 0 Å². The number of hydrogen-bond acceptors (Lipinski definition) is 4. The number of aryl methyl sites for hydroxylation is 2. The minimum absolute atomic E-state index is 0.0595. The molecule has 1 aliphatic heterocycles. The molecule has 1 aliphatic rings. The molecule has 4 aromatic rings. The zero-order valence-corrected chi connectivity index (χ0v) is 22.6. The minimum atomic E-state index is -0.0595. The number of benzene rings is 3. The highest BCUT2D eigenvalue weighted by Gasteiger charge is 2.26. The van der Waals surface area contributed by atoms with E-state index in [-0.39, 0.29) is 6.03 Å². The van der Waals surface area contributed by atoms with Crippen LogP contribution in [-0.2, 0) is 12.8 Å². The van der Waals surface area contributed by atoms with Crippen molar-refractivity contribution in [3.63, 3.8) is 0 Å². The zero-order valence-electron chi connectivity index (χ0n) is 21.8. The van der Waals surface area contributed by atoms with E-state index in [9.17, 15) is 4.79 Å². The van der Waals surface area contributed by atoms with Crippen LogP contribution in [0.4, 0.5) is 16.3 Å². The fourth-order valence-electron chi connectivity index (χ4n) is 4.84. The van der Waals surface area contributed by atoms with Crippen LogP contribution in [-0.4, -0.2) is 47.1 Å². The molecule has 1 aromatic heterocycles. The lowest BCUT2D eigenvalue weighted by molar-refractivity contribution is 0.208. The molecule has 0 radical (unpaired) electrons. The third kappa shape index (κ3) is 5.81. The Bertz CT molecular complexity index is 1400. The molecule has 0 aliphatic carbocycles. The second-order valence-electron chi connectivity index (χ2n) is 9.52. The second kappa shape index (κ2) is 11.7. The van der Waals surface area contributed by atoms with Crippen molar-refractivity contribution in [3.8, 4) is 11.4 Å².